The Balaban J connectivity index is 1.82. The Morgan fingerprint density at radius 2 is 2.04 bits per heavy atom. The summed E-state index contributed by atoms with van der Waals surface area (Å²) in [6.45, 7) is 9.27. The Kier molecular flexibility index (Phi) is 5.65. The van der Waals surface area contributed by atoms with E-state index in [0.717, 1.165) is 44.6 Å². The van der Waals surface area contributed by atoms with E-state index >= 15 is 0 Å². The fourth-order valence-electron chi connectivity index (χ4n) is 4.35. The normalized spacial score (nSPS) is 24.5. The maximum Gasteiger partial charge on any atom is 0.325 e. The van der Waals surface area contributed by atoms with Gasteiger partial charge in [0.25, 0.3) is 5.91 Å². The predicted molar refractivity (Wildman–Crippen MR) is 99.4 cm³/mol. The number of carbonyl (C=O) groups excluding carboxylic acids is 2. The van der Waals surface area contributed by atoms with Gasteiger partial charge in [0.2, 0.25) is 0 Å². The summed E-state index contributed by atoms with van der Waals surface area (Å²) in [4.78, 5) is 31.7. The molecule has 3 rings (SSSR count). The molecule has 2 saturated heterocycles. The van der Waals surface area contributed by atoms with Crippen LogP contribution in [-0.2, 0) is 17.9 Å². The van der Waals surface area contributed by atoms with Crippen molar-refractivity contribution in [3.05, 3.63) is 18.2 Å². The SMILES string of the molecule is CCC[C@]1(C2CCNCC2)NC(=O)N(Cc2cncn2CC(C)C)C1=O. The van der Waals surface area contributed by atoms with E-state index in [1.54, 1.807) is 12.5 Å². The van der Waals surface area contributed by atoms with Gasteiger partial charge >= 0.3 is 6.03 Å². The molecule has 2 N–H and O–H groups in total. The highest BCUT2D eigenvalue weighted by molar-refractivity contribution is 6.07. The van der Waals surface area contributed by atoms with Gasteiger partial charge in [0.15, 0.2) is 0 Å². The summed E-state index contributed by atoms with van der Waals surface area (Å²) in [7, 11) is 0. The van der Waals surface area contributed by atoms with Gasteiger partial charge < -0.3 is 15.2 Å². The lowest BCUT2D eigenvalue weighted by atomic mass is 9.75. The third-order valence-electron chi connectivity index (χ3n) is 5.56. The van der Waals surface area contributed by atoms with E-state index < -0.39 is 5.54 Å². The second-order valence-corrected chi connectivity index (χ2v) is 8.00. The van der Waals surface area contributed by atoms with Crippen molar-refractivity contribution in [2.24, 2.45) is 11.8 Å². The first-order chi connectivity index (χ1) is 12.5. The van der Waals surface area contributed by atoms with Crippen molar-refractivity contribution >= 4 is 11.9 Å². The molecule has 0 spiro atoms. The summed E-state index contributed by atoms with van der Waals surface area (Å²) in [6.07, 6.45) is 6.95. The molecule has 0 aromatic carbocycles. The Morgan fingerprint density at radius 1 is 1.31 bits per heavy atom. The third-order valence-corrected chi connectivity index (χ3v) is 5.56. The molecule has 144 valence electrons. The number of carbonyl (C=O) groups is 2. The second kappa shape index (κ2) is 7.78. The van der Waals surface area contributed by atoms with Crippen LogP contribution in [0, 0.1) is 11.8 Å². The number of aromatic nitrogens is 2. The average Bonchev–Trinajstić information content (AvgIpc) is 3.14. The molecule has 1 aromatic heterocycles. The van der Waals surface area contributed by atoms with E-state index in [1.807, 2.05) is 4.57 Å². The summed E-state index contributed by atoms with van der Waals surface area (Å²) >= 11 is 0. The maximum absolute atomic E-state index is 13.4. The van der Waals surface area contributed by atoms with Crippen molar-refractivity contribution in [2.45, 2.75) is 65.1 Å². The van der Waals surface area contributed by atoms with Crippen molar-refractivity contribution in [1.29, 1.82) is 0 Å². The molecule has 3 heterocycles. The van der Waals surface area contributed by atoms with Crippen LogP contribution in [-0.4, -0.2) is 45.0 Å². The molecule has 2 fully saturated rings. The van der Waals surface area contributed by atoms with Gasteiger partial charge in [0, 0.05) is 12.7 Å². The molecule has 26 heavy (non-hydrogen) atoms. The largest absolute Gasteiger partial charge is 0.333 e. The van der Waals surface area contributed by atoms with Gasteiger partial charge in [-0.15, -0.1) is 0 Å². The fraction of sp³-hybridized carbons (Fsp3) is 0.737. The summed E-state index contributed by atoms with van der Waals surface area (Å²) in [6, 6.07) is -0.265. The smallest absolute Gasteiger partial charge is 0.325 e. The summed E-state index contributed by atoms with van der Waals surface area (Å²) in [5.41, 5.74) is 0.163. The van der Waals surface area contributed by atoms with Crippen LogP contribution in [0.4, 0.5) is 4.79 Å². The van der Waals surface area contributed by atoms with Gasteiger partial charge in [-0.1, -0.05) is 27.2 Å². The molecule has 7 nitrogen and oxygen atoms in total. The van der Waals surface area contributed by atoms with Gasteiger partial charge in [0.05, 0.1) is 18.6 Å². The first-order valence-electron chi connectivity index (χ1n) is 9.81. The molecule has 1 aromatic rings. The number of piperidine rings is 1. The molecule has 2 aliphatic rings. The summed E-state index contributed by atoms with van der Waals surface area (Å²) < 4.78 is 2.04. The zero-order valence-electron chi connectivity index (χ0n) is 16.1. The highest BCUT2D eigenvalue weighted by Gasteiger charge is 2.54. The second-order valence-electron chi connectivity index (χ2n) is 8.00. The Labute approximate surface area is 155 Å². The van der Waals surface area contributed by atoms with Crippen molar-refractivity contribution < 1.29 is 9.59 Å². The minimum absolute atomic E-state index is 0.0615. The van der Waals surface area contributed by atoms with Crippen molar-refractivity contribution in [3.8, 4) is 0 Å². The molecule has 3 amide bonds. The van der Waals surface area contributed by atoms with Crippen LogP contribution < -0.4 is 10.6 Å². The van der Waals surface area contributed by atoms with E-state index in [2.05, 4.69) is 36.4 Å². The quantitative estimate of drug-likeness (QED) is 0.729. The number of nitrogens with zero attached hydrogens (tertiary/aromatic N) is 3. The summed E-state index contributed by atoms with van der Waals surface area (Å²) in [5.74, 6) is 0.610. The molecule has 0 aliphatic carbocycles. The van der Waals surface area contributed by atoms with Gasteiger partial charge in [0.1, 0.15) is 5.54 Å². The zero-order valence-corrected chi connectivity index (χ0v) is 16.1. The molecule has 2 aliphatic heterocycles. The number of nitrogens with one attached hydrogen (secondary N) is 2. The first kappa shape index (κ1) is 18.9. The van der Waals surface area contributed by atoms with Crippen LogP contribution >= 0.6 is 0 Å². The Morgan fingerprint density at radius 3 is 2.69 bits per heavy atom. The van der Waals surface area contributed by atoms with Gasteiger partial charge in [-0.25, -0.2) is 9.78 Å². The standard InChI is InChI=1S/C19H31N5O2/c1-4-7-19(15-5-8-20-9-6-15)17(25)24(18(26)22-19)12-16-10-21-13-23(16)11-14(2)3/h10,13-15,20H,4-9,11-12H2,1-3H3,(H,22,26)/t19-/m1/s1. The van der Waals surface area contributed by atoms with Crippen molar-refractivity contribution in [1.82, 2.24) is 25.1 Å². The van der Waals surface area contributed by atoms with Gasteiger partial charge in [-0.2, -0.15) is 0 Å². The molecule has 7 heteroatoms. The average molecular weight is 361 g/mol. The number of urea groups is 1. The fourth-order valence-corrected chi connectivity index (χ4v) is 4.35. The molecular weight excluding hydrogens is 330 g/mol. The van der Waals surface area contributed by atoms with Gasteiger partial charge in [-0.05, 0) is 44.2 Å². The van der Waals surface area contributed by atoms with Crippen molar-refractivity contribution in [3.63, 3.8) is 0 Å². The highest BCUT2D eigenvalue weighted by Crippen LogP contribution is 2.36. The number of hydrogen-bond acceptors (Lipinski definition) is 4. The molecule has 1 atom stereocenters. The Bertz CT molecular complexity index is 650. The van der Waals surface area contributed by atoms with Crippen molar-refractivity contribution in [2.75, 3.05) is 13.1 Å². The summed E-state index contributed by atoms with van der Waals surface area (Å²) in [5, 5.41) is 6.44. The van der Waals surface area contributed by atoms with Crippen LogP contribution in [0.25, 0.3) is 0 Å². The monoisotopic (exact) mass is 361 g/mol. The lowest BCUT2D eigenvalue weighted by Gasteiger charge is -2.37. The lowest BCUT2D eigenvalue weighted by Crippen LogP contribution is -2.55. The van der Waals surface area contributed by atoms with E-state index in [-0.39, 0.29) is 24.4 Å². The molecule has 0 unspecified atom stereocenters. The van der Waals surface area contributed by atoms with Crippen LogP contribution in [0.5, 0.6) is 0 Å². The van der Waals surface area contributed by atoms with Crippen LogP contribution in [0.2, 0.25) is 0 Å². The zero-order chi connectivity index (χ0) is 18.7. The predicted octanol–water partition coefficient (Wildman–Crippen LogP) is 2.13. The number of amides is 3. The molecule has 0 saturated carbocycles. The Hall–Kier alpha value is -1.89. The topological polar surface area (TPSA) is 79.3 Å². The minimum atomic E-state index is -0.739. The van der Waals surface area contributed by atoms with E-state index in [9.17, 15) is 9.59 Å². The maximum atomic E-state index is 13.4. The third kappa shape index (κ3) is 3.49. The lowest BCUT2D eigenvalue weighted by molar-refractivity contribution is -0.134. The van der Waals surface area contributed by atoms with Crippen LogP contribution in [0.3, 0.4) is 0 Å². The number of imide groups is 1. The highest BCUT2D eigenvalue weighted by atomic mass is 16.2. The molecule has 0 radical (unpaired) electrons. The molecular formula is C19H31N5O2. The first-order valence-corrected chi connectivity index (χ1v) is 9.81. The van der Waals surface area contributed by atoms with E-state index in [0.29, 0.717) is 12.3 Å². The number of hydrogen-bond donors (Lipinski definition) is 2. The van der Waals surface area contributed by atoms with Crippen LogP contribution in [0.1, 0.15) is 52.1 Å². The van der Waals surface area contributed by atoms with E-state index in [4.69, 9.17) is 0 Å². The minimum Gasteiger partial charge on any atom is -0.333 e. The number of rotatable bonds is 7. The number of imidazole rings is 1. The van der Waals surface area contributed by atoms with Crippen LogP contribution in [0.15, 0.2) is 12.5 Å². The van der Waals surface area contributed by atoms with Gasteiger partial charge in [-0.3, -0.25) is 9.69 Å². The molecule has 0 bridgehead atoms. The van der Waals surface area contributed by atoms with E-state index in [1.165, 1.54) is 4.90 Å².